The zero-order chi connectivity index (χ0) is 59.4. The van der Waals surface area contributed by atoms with Crippen LogP contribution < -0.4 is 29.6 Å². The molecule has 9 rings (SSSR count). The van der Waals surface area contributed by atoms with Crippen molar-refractivity contribution in [3.63, 3.8) is 0 Å². The first-order chi connectivity index (χ1) is 40.6. The first-order valence-corrected chi connectivity index (χ1v) is 28.9. The van der Waals surface area contributed by atoms with E-state index in [9.17, 15) is 33.6 Å². The maximum absolute atomic E-state index is 14.3. The Morgan fingerprint density at radius 1 is 0.702 bits per heavy atom. The second-order valence-electron chi connectivity index (χ2n) is 22.3. The summed E-state index contributed by atoms with van der Waals surface area (Å²) in [5.41, 5.74) is 15.1. The maximum atomic E-state index is 14.3. The highest BCUT2D eigenvalue weighted by atomic mass is 16.5. The summed E-state index contributed by atoms with van der Waals surface area (Å²) in [6, 6.07) is 22.1. The van der Waals surface area contributed by atoms with E-state index in [4.69, 9.17) is 18.9 Å². The average molecular weight is 1130 g/mol. The van der Waals surface area contributed by atoms with Crippen LogP contribution in [-0.2, 0) is 24.0 Å². The summed E-state index contributed by atoms with van der Waals surface area (Å²) in [5, 5.41) is 5.80. The molecule has 15 nitrogen and oxygen atoms in total. The predicted molar refractivity (Wildman–Crippen MR) is 323 cm³/mol. The fraction of sp³-hybridized carbons (Fsp3) is 0.348. The van der Waals surface area contributed by atoms with Crippen molar-refractivity contribution in [2.24, 2.45) is 23.7 Å². The van der Waals surface area contributed by atoms with Crippen LogP contribution in [0.1, 0.15) is 127 Å². The van der Waals surface area contributed by atoms with E-state index in [1.54, 1.807) is 55.4 Å². The van der Waals surface area contributed by atoms with Gasteiger partial charge >= 0.3 is 0 Å². The summed E-state index contributed by atoms with van der Waals surface area (Å²) >= 11 is 0. The minimum Gasteiger partial charge on any atom is -0.493 e. The molecule has 0 radical (unpaired) electrons. The Balaban J connectivity index is 0.741. The summed E-state index contributed by atoms with van der Waals surface area (Å²) in [4.78, 5) is 93.7. The number of imide groups is 1. The van der Waals surface area contributed by atoms with Gasteiger partial charge in [0.15, 0.2) is 34.6 Å². The molecule has 5 atom stereocenters. The van der Waals surface area contributed by atoms with Crippen LogP contribution in [0.3, 0.4) is 0 Å². The molecular formula is C69H72N4O11. The lowest BCUT2D eigenvalue weighted by Crippen LogP contribution is -2.44. The van der Waals surface area contributed by atoms with Gasteiger partial charge in [0.2, 0.25) is 11.8 Å². The Bertz CT molecular complexity index is 3460. The molecule has 434 valence electrons. The van der Waals surface area contributed by atoms with E-state index in [1.807, 2.05) is 62.5 Å². The van der Waals surface area contributed by atoms with E-state index in [-0.39, 0.29) is 84.3 Å². The van der Waals surface area contributed by atoms with Crippen molar-refractivity contribution >= 4 is 70.1 Å². The normalized spacial score (nSPS) is 18.4. The van der Waals surface area contributed by atoms with Gasteiger partial charge in [-0.2, -0.15) is 0 Å². The number of anilines is 1. The van der Waals surface area contributed by atoms with E-state index in [0.717, 1.165) is 23.1 Å². The van der Waals surface area contributed by atoms with Crippen molar-refractivity contribution in [3.8, 4) is 23.0 Å². The van der Waals surface area contributed by atoms with Gasteiger partial charge < -0.3 is 34.5 Å². The molecule has 2 N–H and O–H groups in total. The Hall–Kier alpha value is -9.03. The van der Waals surface area contributed by atoms with Gasteiger partial charge in [-0.25, -0.2) is 0 Å². The number of fused-ring (bicyclic) bond motifs is 4. The number of benzene rings is 4. The number of nitrogens with one attached hydrogen (secondary N) is 2. The van der Waals surface area contributed by atoms with Gasteiger partial charge in [0, 0.05) is 61.8 Å². The predicted octanol–water partition coefficient (Wildman–Crippen LogP) is 11.5. The number of hydrogen-bond acceptors (Lipinski definition) is 11. The average Bonchev–Trinajstić information content (AvgIpc) is 2.48. The number of Topliss-reactive ketones (excluding diaryl/α,β-unsaturated/α-hetero) is 2. The molecule has 3 aliphatic heterocycles. The molecule has 0 bridgehead atoms. The van der Waals surface area contributed by atoms with Crippen LogP contribution in [0.5, 0.6) is 23.0 Å². The van der Waals surface area contributed by atoms with Gasteiger partial charge in [-0.15, -0.1) is 11.5 Å². The number of allylic oxidation sites excluding steroid dienone is 4. The Morgan fingerprint density at radius 2 is 1.33 bits per heavy atom. The summed E-state index contributed by atoms with van der Waals surface area (Å²) < 4.78 is 24.0. The van der Waals surface area contributed by atoms with E-state index >= 15 is 0 Å². The minimum atomic E-state index is -0.686. The van der Waals surface area contributed by atoms with Crippen LogP contribution >= 0.6 is 0 Å². The van der Waals surface area contributed by atoms with Crippen molar-refractivity contribution in [2.75, 3.05) is 39.3 Å². The van der Waals surface area contributed by atoms with Gasteiger partial charge in [-0.3, -0.25) is 38.5 Å². The number of hydrogen-bond donors (Lipinski definition) is 2. The summed E-state index contributed by atoms with van der Waals surface area (Å²) in [6.07, 6.45) is 21.9. The van der Waals surface area contributed by atoms with E-state index in [1.165, 1.54) is 40.9 Å². The molecule has 5 aliphatic rings. The number of nitrogens with zero attached hydrogens (tertiary/aromatic N) is 2. The Morgan fingerprint density at radius 3 is 2.00 bits per heavy atom. The largest absolute Gasteiger partial charge is 0.493 e. The second-order valence-corrected chi connectivity index (χ2v) is 22.3. The number of unbranched alkanes of at least 4 members (excludes halogenated alkanes) is 2. The first-order valence-electron chi connectivity index (χ1n) is 28.9. The smallest absolute Gasteiger partial charge is 0.259 e. The molecule has 84 heavy (non-hydrogen) atoms. The number of aryl methyl sites for hydroxylation is 1. The maximum Gasteiger partial charge on any atom is 0.259 e. The molecule has 0 saturated heterocycles. The number of ketones is 2. The molecule has 15 heteroatoms. The molecule has 0 aromatic heterocycles. The number of ether oxygens (including phenoxy) is 4. The topological polar surface area (TPSA) is 187 Å². The first kappa shape index (κ1) is 59.6. The second kappa shape index (κ2) is 27.4. The lowest BCUT2D eigenvalue weighted by molar-refractivity contribution is -0.137. The number of rotatable bonds is 24. The molecule has 4 aromatic rings. The van der Waals surface area contributed by atoms with Crippen molar-refractivity contribution in [1.82, 2.24) is 15.1 Å². The third-order valence-corrected chi connectivity index (χ3v) is 15.9. The van der Waals surface area contributed by atoms with Crippen LogP contribution in [-0.4, -0.2) is 97.0 Å². The molecule has 3 heterocycles. The van der Waals surface area contributed by atoms with Gasteiger partial charge in [-0.1, -0.05) is 87.4 Å². The zero-order valence-corrected chi connectivity index (χ0v) is 48.5. The van der Waals surface area contributed by atoms with Crippen LogP contribution in [0.4, 0.5) is 5.69 Å². The molecule has 5 amide bonds. The lowest BCUT2D eigenvalue weighted by atomic mass is 9.89. The highest BCUT2D eigenvalue weighted by Gasteiger charge is 2.33. The van der Waals surface area contributed by atoms with Crippen molar-refractivity contribution in [3.05, 3.63) is 172 Å². The third-order valence-electron chi connectivity index (χ3n) is 15.9. The van der Waals surface area contributed by atoms with E-state index in [0.29, 0.717) is 97.1 Å². The van der Waals surface area contributed by atoms with Gasteiger partial charge in [0.25, 0.3) is 17.7 Å². The highest BCUT2D eigenvalue weighted by Crippen LogP contribution is 2.42. The highest BCUT2D eigenvalue weighted by molar-refractivity contribution is 6.13. The monoisotopic (exact) mass is 1130 g/mol. The van der Waals surface area contributed by atoms with Crippen molar-refractivity contribution in [2.45, 2.75) is 97.6 Å². The third kappa shape index (κ3) is 14.4. The van der Waals surface area contributed by atoms with Crippen LogP contribution in [0.15, 0.2) is 133 Å². The molecule has 2 unspecified atom stereocenters. The number of carbonyl (C=O) groups is 7. The summed E-state index contributed by atoms with van der Waals surface area (Å²) in [5.74, 6) is -0.0700. The lowest BCUT2D eigenvalue weighted by Gasteiger charge is -2.23. The standard InChI is InChI=1S/C69H72N4O11/c1-43(2)67(71-64(76)20-8-7-9-31-72-65(77)29-30-66(72)78)58(74)19-10-14-45(4)68(79)70-54-27-25-47(26-28-54)53-36-55-18-12-17-50-39-63(61(82-6)41-57(50)69(80)73(55)42-53)84-33-13-32-83-62-38-49-16-11-15-48-34-51(46-23-21-44(3)22-24-46)35-52(48)37-59(75)56(49)40-60(62)81-5/h10,14-18,21-30,35,38-43,45,48,52,55,67H,7-9,13,19-20,31-34,36-37H2,1-6H3,(H,70,79)(H,71,76)/b14-10+/t11?,12?,45-,48-,52?,55?,67+/m1/s1. The fourth-order valence-corrected chi connectivity index (χ4v) is 11.0. The van der Waals surface area contributed by atoms with Gasteiger partial charge in [0.05, 0.1) is 51.0 Å². The van der Waals surface area contributed by atoms with Crippen LogP contribution in [0, 0.1) is 30.6 Å². The minimum absolute atomic E-state index is 0.0441. The Labute approximate surface area is 491 Å². The molecule has 0 fully saturated rings. The number of carbonyl (C=O) groups excluding carboxylic acids is 7. The summed E-state index contributed by atoms with van der Waals surface area (Å²) in [6.45, 7) is 8.43. The zero-order valence-electron chi connectivity index (χ0n) is 48.5. The summed E-state index contributed by atoms with van der Waals surface area (Å²) in [7, 11) is 3.10. The van der Waals surface area contributed by atoms with Crippen LogP contribution in [0.25, 0.3) is 23.3 Å². The van der Waals surface area contributed by atoms with Crippen molar-refractivity contribution < 1.29 is 52.5 Å². The van der Waals surface area contributed by atoms with E-state index in [2.05, 4.69) is 65.4 Å². The molecule has 0 saturated carbocycles. The molecule has 2 aliphatic carbocycles. The fourth-order valence-electron chi connectivity index (χ4n) is 11.0. The van der Waals surface area contributed by atoms with Gasteiger partial charge in [-0.05, 0) is 144 Å². The van der Waals surface area contributed by atoms with Gasteiger partial charge in [0.1, 0.15) is 0 Å². The Kier molecular flexibility index (Phi) is 19.4. The molecule has 0 spiro atoms. The quantitative estimate of drug-likeness (QED) is 0.0294. The van der Waals surface area contributed by atoms with E-state index < -0.39 is 12.0 Å². The molecule has 4 aromatic carbocycles. The molecular weight excluding hydrogens is 1060 g/mol. The van der Waals surface area contributed by atoms with Crippen molar-refractivity contribution in [1.29, 1.82) is 0 Å². The number of methoxy groups -OCH3 is 2. The SMILES string of the molecule is COc1cc2c(cc1OCCCOc1cc3c(cc1OC)C(=O)N1C=C(c4ccc(NC(=O)[C@H](C)/C=C/CC(=O)[C@@H](NC(=O)CCCCCN5C(=O)C=CC5=O)C(C)C)cc4)CC1C=C=C3)C=C=C[C@@H]1CC(c3ccc(C)cc3)=CC1CC2=O. The van der Waals surface area contributed by atoms with Crippen LogP contribution in [0.2, 0.25) is 0 Å². The number of amides is 5.